The third-order valence-corrected chi connectivity index (χ3v) is 12.1. The average molecular weight is 940 g/mol. The zero-order chi connectivity index (χ0) is 48.9. The predicted octanol–water partition coefficient (Wildman–Crippen LogP) is 9.13. The highest BCUT2D eigenvalue weighted by Gasteiger charge is 2.24. The highest BCUT2D eigenvalue weighted by molar-refractivity contribution is 5.82. The highest BCUT2D eigenvalue weighted by atomic mass is 16.5. The van der Waals surface area contributed by atoms with E-state index < -0.39 is 5.91 Å². The molecular weight excluding hydrogens is 879 g/mol. The Morgan fingerprint density at radius 1 is 0.507 bits per heavy atom. The van der Waals surface area contributed by atoms with E-state index in [1.54, 1.807) is 75.3 Å². The maximum absolute atomic E-state index is 13.3. The van der Waals surface area contributed by atoms with Gasteiger partial charge >= 0.3 is 0 Å². The van der Waals surface area contributed by atoms with Crippen molar-refractivity contribution in [2.45, 2.75) is 51.9 Å². The Balaban J connectivity index is 1.41. The summed E-state index contributed by atoms with van der Waals surface area (Å²) in [4.78, 5) is 17.4. The number of ether oxygens (including phenoxy) is 10. The van der Waals surface area contributed by atoms with Gasteiger partial charge < -0.3 is 47.4 Å². The first-order chi connectivity index (χ1) is 33.6. The molecule has 10 aliphatic carbocycles. The van der Waals surface area contributed by atoms with Gasteiger partial charge in [0, 0.05) is 106 Å². The molecule has 0 unspecified atom stereocenters. The molecule has 1 aromatic heterocycles. The Morgan fingerprint density at radius 3 is 1.13 bits per heavy atom. The average Bonchev–Trinajstić information content (AvgIpc) is 3.37. The van der Waals surface area contributed by atoms with Crippen LogP contribution in [0.1, 0.15) is 81.0 Å². The first kappa shape index (κ1) is 49.3. The summed E-state index contributed by atoms with van der Waals surface area (Å²) < 4.78 is 61.5. The van der Waals surface area contributed by atoms with Crippen molar-refractivity contribution in [1.82, 2.24) is 10.4 Å². The monoisotopic (exact) mass is 939 g/mol. The number of hydrogen-bond donors (Lipinski definition) is 1. The Kier molecular flexibility index (Phi) is 16.7. The minimum atomic E-state index is -0.448. The summed E-state index contributed by atoms with van der Waals surface area (Å²) in [7, 11) is 13.2. The van der Waals surface area contributed by atoms with E-state index in [0.717, 1.165) is 74.0 Å². The van der Waals surface area contributed by atoms with Gasteiger partial charge in [-0.1, -0.05) is 19.4 Å². The summed E-state index contributed by atoms with van der Waals surface area (Å²) in [5.41, 5.74) is 11.9. The van der Waals surface area contributed by atoms with Crippen molar-refractivity contribution in [1.29, 1.82) is 0 Å². The van der Waals surface area contributed by atoms with Gasteiger partial charge in [0.25, 0.3) is 5.91 Å². The molecule has 6 aromatic rings. The van der Waals surface area contributed by atoms with Crippen LogP contribution in [0, 0.1) is 0 Å². The van der Waals surface area contributed by atoms with Crippen molar-refractivity contribution in [3.05, 3.63) is 146 Å². The Morgan fingerprint density at radius 2 is 0.826 bits per heavy atom. The zero-order valence-electron chi connectivity index (χ0n) is 40.9. The van der Waals surface area contributed by atoms with E-state index in [-0.39, 0.29) is 6.61 Å². The number of rotatable bonds is 17. The van der Waals surface area contributed by atoms with E-state index in [1.165, 1.54) is 6.21 Å². The lowest BCUT2D eigenvalue weighted by atomic mass is 9.94. The molecule has 0 radical (unpaired) electrons. The molecule has 0 spiro atoms. The minimum Gasteiger partial charge on any atom is -0.496 e. The number of amides is 1. The summed E-state index contributed by atoms with van der Waals surface area (Å²) in [6, 6.07) is 23.5. The summed E-state index contributed by atoms with van der Waals surface area (Å²) in [5, 5.41) is 4.12. The molecule has 69 heavy (non-hydrogen) atoms. The van der Waals surface area contributed by atoms with Crippen molar-refractivity contribution in [2.24, 2.45) is 5.10 Å². The summed E-state index contributed by atoms with van der Waals surface area (Å²) in [6.45, 7) is 2.29. The molecule has 0 aliphatic heterocycles. The maximum atomic E-state index is 13.3. The van der Waals surface area contributed by atoms with Gasteiger partial charge in [0.15, 0.2) is 6.61 Å². The molecule has 10 bridgehead atoms. The van der Waals surface area contributed by atoms with Crippen LogP contribution in [0.2, 0.25) is 0 Å². The van der Waals surface area contributed by atoms with E-state index in [1.807, 2.05) is 66.7 Å². The maximum Gasteiger partial charge on any atom is 0.277 e. The standard InChI is InChI=1S/C55H61N3O11/c1-10-11-15-68-53-29-44-20-42-28-50(65-7)40(26-52(42)67-9)18-38-24-46(61-3)36(22-48(38)63-5)16-35-21-47(62-4)37(23-45(35)60-2)17-39-25-51(66-8)41(27-49(39)64-6)19-43(53)30-54(44)69-33-55(59)58-57-32-34-13-12-14-56-31-34/h12-14,21-32H,10-11,15-20,33H2,1-9H3,(H,58,59)/b57-32+. The third-order valence-electron chi connectivity index (χ3n) is 12.1. The second-order valence-electron chi connectivity index (χ2n) is 16.4. The lowest BCUT2D eigenvalue weighted by Gasteiger charge is -2.21. The van der Waals surface area contributed by atoms with Crippen LogP contribution in [0.25, 0.3) is 0 Å². The number of nitrogens with zero attached hydrogens (tertiary/aromatic N) is 2. The first-order valence-electron chi connectivity index (χ1n) is 22.7. The number of hydrogen-bond acceptors (Lipinski definition) is 13. The van der Waals surface area contributed by atoms with Gasteiger partial charge in [0.2, 0.25) is 0 Å². The molecule has 14 heteroatoms. The van der Waals surface area contributed by atoms with Crippen LogP contribution in [0.4, 0.5) is 0 Å². The fourth-order valence-electron chi connectivity index (χ4n) is 8.55. The molecule has 362 valence electrons. The van der Waals surface area contributed by atoms with Crippen LogP contribution in [0.15, 0.2) is 90.3 Å². The van der Waals surface area contributed by atoms with Gasteiger partial charge in [0.05, 0.1) is 69.7 Å². The number of benzene rings is 5. The number of unbranched alkanes of at least 4 members (excludes halogenated alkanes) is 1. The molecule has 1 N–H and O–H groups in total. The second-order valence-corrected chi connectivity index (χ2v) is 16.4. The van der Waals surface area contributed by atoms with Crippen LogP contribution in [0.5, 0.6) is 57.5 Å². The molecule has 14 nitrogen and oxygen atoms in total. The normalized spacial score (nSPS) is 12.1. The van der Waals surface area contributed by atoms with E-state index in [9.17, 15) is 4.79 Å². The molecule has 16 rings (SSSR count). The van der Waals surface area contributed by atoms with Gasteiger partial charge in [-0.25, -0.2) is 5.43 Å². The Labute approximate surface area is 404 Å². The van der Waals surface area contributed by atoms with Crippen LogP contribution >= 0.6 is 0 Å². The lowest BCUT2D eigenvalue weighted by Crippen LogP contribution is -2.25. The fraction of sp³-hybridized carbons (Fsp3) is 0.327. The molecule has 0 fully saturated rings. The lowest BCUT2D eigenvalue weighted by molar-refractivity contribution is -0.123. The Bertz CT molecular complexity index is 2780. The molecule has 10 aliphatic rings. The van der Waals surface area contributed by atoms with E-state index in [0.29, 0.717) is 96.2 Å². The number of methoxy groups -OCH3 is 8. The van der Waals surface area contributed by atoms with E-state index >= 15 is 0 Å². The molecule has 1 heterocycles. The third kappa shape index (κ3) is 11.7. The molecule has 5 aromatic carbocycles. The van der Waals surface area contributed by atoms with Crippen LogP contribution < -0.4 is 52.8 Å². The largest absolute Gasteiger partial charge is 0.496 e. The zero-order valence-corrected chi connectivity index (χ0v) is 40.9. The van der Waals surface area contributed by atoms with E-state index in [2.05, 4.69) is 22.4 Å². The van der Waals surface area contributed by atoms with Gasteiger partial charge in [-0.05, 0) is 73.2 Å². The van der Waals surface area contributed by atoms with Gasteiger partial charge in [-0.15, -0.1) is 0 Å². The summed E-state index contributed by atoms with van der Waals surface area (Å²) in [5.74, 6) is 6.01. The minimum absolute atomic E-state index is 0.322. The van der Waals surface area contributed by atoms with Crippen LogP contribution in [0.3, 0.4) is 0 Å². The number of nitrogens with one attached hydrogen (secondary N) is 1. The van der Waals surface area contributed by atoms with Crippen molar-refractivity contribution in [3.8, 4) is 57.5 Å². The number of aromatic nitrogens is 1. The molecule has 1 amide bonds. The number of carbonyl (C=O) groups is 1. The summed E-state index contributed by atoms with van der Waals surface area (Å²) in [6.07, 6.45) is 8.70. The highest BCUT2D eigenvalue weighted by Crippen LogP contribution is 2.42. The SMILES string of the molecule is CCCCOc1cc2c(OCC(=O)N/N=C/c3cccnc3)cc1Cc1cc(OC)c(cc1OC)Cc1cc(OC)c(cc1OC)Cc1cc(OC)c(cc1OC)Cc1cc(OC)c(cc1OC)C2. The van der Waals surface area contributed by atoms with Crippen LogP contribution in [-0.4, -0.2) is 87.2 Å². The van der Waals surface area contributed by atoms with Crippen LogP contribution in [-0.2, 0) is 36.9 Å². The Hall–Kier alpha value is -7.61. The number of pyridine rings is 1. The number of carbonyl (C=O) groups excluding carboxylic acids is 1. The molecule has 0 atom stereocenters. The van der Waals surface area contributed by atoms with Gasteiger partial charge in [0.1, 0.15) is 57.5 Å². The van der Waals surface area contributed by atoms with Gasteiger partial charge in [-0.2, -0.15) is 5.10 Å². The summed E-state index contributed by atoms with van der Waals surface area (Å²) >= 11 is 0. The molecular formula is C55H61N3O11. The topological polar surface area (TPSA) is 147 Å². The van der Waals surface area contributed by atoms with Gasteiger partial charge in [-0.3, -0.25) is 9.78 Å². The van der Waals surface area contributed by atoms with Crippen molar-refractivity contribution < 1.29 is 52.2 Å². The molecule has 0 saturated carbocycles. The molecule has 0 saturated heterocycles. The number of hydrazone groups is 1. The predicted molar refractivity (Wildman–Crippen MR) is 265 cm³/mol. The van der Waals surface area contributed by atoms with Crippen molar-refractivity contribution in [3.63, 3.8) is 0 Å². The van der Waals surface area contributed by atoms with E-state index in [4.69, 9.17) is 47.4 Å². The smallest absolute Gasteiger partial charge is 0.277 e. The second kappa shape index (κ2) is 23.4. The quantitative estimate of drug-likeness (QED) is 0.0528. The fourth-order valence-corrected chi connectivity index (χ4v) is 8.55. The van der Waals surface area contributed by atoms with Crippen molar-refractivity contribution >= 4 is 12.1 Å². The van der Waals surface area contributed by atoms with Crippen molar-refractivity contribution in [2.75, 3.05) is 70.1 Å². The first-order valence-corrected chi connectivity index (χ1v) is 22.7.